The summed E-state index contributed by atoms with van der Waals surface area (Å²) in [5, 5.41) is 0. The summed E-state index contributed by atoms with van der Waals surface area (Å²) < 4.78 is 6.69. The first-order valence-corrected chi connectivity index (χ1v) is 7.33. The Hall–Kier alpha value is -1.09. The van der Waals surface area contributed by atoms with E-state index in [0.29, 0.717) is 5.92 Å². The predicted molar refractivity (Wildman–Crippen MR) is 75.5 cm³/mol. The highest BCUT2D eigenvalue weighted by atomic mass is 79.9. The standard InChI is InChI=1S/C15H16BrNO/c16-13-8-6-12(7-9-13)15-17-14(10-18-15)11-4-2-1-3-5-11/h6-11H,1-5H2. The first-order chi connectivity index (χ1) is 8.83. The van der Waals surface area contributed by atoms with E-state index < -0.39 is 0 Å². The number of rotatable bonds is 2. The first kappa shape index (κ1) is 12.0. The molecule has 1 aliphatic rings. The Morgan fingerprint density at radius 2 is 1.78 bits per heavy atom. The van der Waals surface area contributed by atoms with E-state index >= 15 is 0 Å². The average molecular weight is 306 g/mol. The fourth-order valence-electron chi connectivity index (χ4n) is 2.60. The summed E-state index contributed by atoms with van der Waals surface area (Å²) in [5.41, 5.74) is 2.17. The second-order valence-electron chi connectivity index (χ2n) is 4.92. The van der Waals surface area contributed by atoms with E-state index in [1.807, 2.05) is 30.5 Å². The minimum Gasteiger partial charge on any atom is -0.444 e. The van der Waals surface area contributed by atoms with Crippen LogP contribution >= 0.6 is 15.9 Å². The van der Waals surface area contributed by atoms with Crippen LogP contribution in [0.2, 0.25) is 0 Å². The molecule has 1 aliphatic carbocycles. The van der Waals surface area contributed by atoms with Crippen LogP contribution in [0.1, 0.15) is 43.7 Å². The van der Waals surface area contributed by atoms with Gasteiger partial charge < -0.3 is 4.42 Å². The summed E-state index contributed by atoms with van der Waals surface area (Å²) in [4.78, 5) is 4.65. The summed E-state index contributed by atoms with van der Waals surface area (Å²) >= 11 is 3.43. The Kier molecular flexibility index (Phi) is 3.50. The van der Waals surface area contributed by atoms with Gasteiger partial charge in [0, 0.05) is 16.0 Å². The summed E-state index contributed by atoms with van der Waals surface area (Å²) in [6.07, 6.45) is 8.37. The molecule has 0 bridgehead atoms. The zero-order chi connectivity index (χ0) is 12.4. The van der Waals surface area contributed by atoms with Crippen molar-refractivity contribution in [1.29, 1.82) is 0 Å². The molecular weight excluding hydrogens is 290 g/mol. The van der Waals surface area contributed by atoms with Crippen molar-refractivity contribution < 1.29 is 4.42 Å². The topological polar surface area (TPSA) is 26.0 Å². The number of benzene rings is 1. The Morgan fingerprint density at radius 3 is 2.50 bits per heavy atom. The number of oxazole rings is 1. The van der Waals surface area contributed by atoms with Crippen molar-refractivity contribution in [1.82, 2.24) is 4.98 Å². The van der Waals surface area contributed by atoms with Crippen LogP contribution in [0.25, 0.3) is 11.5 Å². The molecule has 18 heavy (non-hydrogen) atoms. The molecule has 0 N–H and O–H groups in total. The molecule has 1 saturated carbocycles. The van der Waals surface area contributed by atoms with Crippen molar-refractivity contribution in [2.24, 2.45) is 0 Å². The molecular formula is C15H16BrNO. The minimum absolute atomic E-state index is 0.603. The normalized spacial score (nSPS) is 16.9. The van der Waals surface area contributed by atoms with Crippen molar-refractivity contribution >= 4 is 15.9 Å². The third-order valence-corrected chi connectivity index (χ3v) is 4.17. The summed E-state index contributed by atoms with van der Waals surface area (Å²) in [6.45, 7) is 0. The van der Waals surface area contributed by atoms with E-state index in [-0.39, 0.29) is 0 Å². The molecule has 1 fully saturated rings. The molecule has 1 aromatic carbocycles. The van der Waals surface area contributed by atoms with Crippen LogP contribution in [0.4, 0.5) is 0 Å². The second kappa shape index (κ2) is 5.27. The van der Waals surface area contributed by atoms with E-state index in [9.17, 15) is 0 Å². The molecule has 0 radical (unpaired) electrons. The van der Waals surface area contributed by atoms with E-state index in [4.69, 9.17) is 4.42 Å². The third kappa shape index (κ3) is 2.51. The first-order valence-electron chi connectivity index (χ1n) is 6.54. The quantitative estimate of drug-likeness (QED) is 0.766. The van der Waals surface area contributed by atoms with Crippen LogP contribution in [-0.4, -0.2) is 4.98 Å². The van der Waals surface area contributed by atoms with Gasteiger partial charge in [-0.3, -0.25) is 0 Å². The number of hydrogen-bond donors (Lipinski definition) is 0. The Morgan fingerprint density at radius 1 is 1.06 bits per heavy atom. The molecule has 94 valence electrons. The lowest BCUT2D eigenvalue weighted by Gasteiger charge is -2.18. The van der Waals surface area contributed by atoms with Crippen molar-refractivity contribution in [3.63, 3.8) is 0 Å². The summed E-state index contributed by atoms with van der Waals surface area (Å²) in [5.74, 6) is 1.34. The molecule has 2 nitrogen and oxygen atoms in total. The van der Waals surface area contributed by atoms with Crippen LogP contribution < -0.4 is 0 Å². The molecule has 0 spiro atoms. The molecule has 0 unspecified atom stereocenters. The Bertz CT molecular complexity index is 512. The van der Waals surface area contributed by atoms with Crippen LogP contribution in [0.3, 0.4) is 0 Å². The molecule has 1 heterocycles. The molecule has 0 aliphatic heterocycles. The number of halogens is 1. The van der Waals surface area contributed by atoms with Gasteiger partial charge in [0.05, 0.1) is 5.69 Å². The monoisotopic (exact) mass is 305 g/mol. The molecule has 0 amide bonds. The molecule has 0 saturated heterocycles. The van der Waals surface area contributed by atoms with Gasteiger partial charge in [0.15, 0.2) is 0 Å². The van der Waals surface area contributed by atoms with Gasteiger partial charge in [0.2, 0.25) is 5.89 Å². The molecule has 1 aromatic heterocycles. The van der Waals surface area contributed by atoms with Gasteiger partial charge in [-0.2, -0.15) is 0 Å². The molecule has 2 aromatic rings. The van der Waals surface area contributed by atoms with Crippen molar-refractivity contribution in [3.05, 3.63) is 40.7 Å². The largest absolute Gasteiger partial charge is 0.444 e. The van der Waals surface area contributed by atoms with Crippen molar-refractivity contribution in [3.8, 4) is 11.5 Å². The Labute approximate surface area is 116 Å². The molecule has 3 rings (SSSR count). The zero-order valence-corrected chi connectivity index (χ0v) is 11.8. The highest BCUT2D eigenvalue weighted by molar-refractivity contribution is 9.10. The lowest BCUT2D eigenvalue weighted by atomic mass is 9.87. The highest BCUT2D eigenvalue weighted by Crippen LogP contribution is 2.33. The zero-order valence-electron chi connectivity index (χ0n) is 10.2. The van der Waals surface area contributed by atoms with Gasteiger partial charge >= 0.3 is 0 Å². The van der Waals surface area contributed by atoms with Gasteiger partial charge in [0.1, 0.15) is 6.26 Å². The van der Waals surface area contributed by atoms with Crippen LogP contribution in [0.5, 0.6) is 0 Å². The maximum atomic E-state index is 5.62. The fraction of sp³-hybridized carbons (Fsp3) is 0.400. The van der Waals surface area contributed by atoms with Gasteiger partial charge in [-0.05, 0) is 37.1 Å². The van der Waals surface area contributed by atoms with E-state index in [2.05, 4.69) is 20.9 Å². The van der Waals surface area contributed by atoms with Crippen LogP contribution in [-0.2, 0) is 0 Å². The maximum Gasteiger partial charge on any atom is 0.226 e. The lowest BCUT2D eigenvalue weighted by Crippen LogP contribution is -2.04. The van der Waals surface area contributed by atoms with Crippen molar-refractivity contribution in [2.75, 3.05) is 0 Å². The van der Waals surface area contributed by atoms with Gasteiger partial charge in [0.25, 0.3) is 0 Å². The van der Waals surface area contributed by atoms with Crippen LogP contribution in [0, 0.1) is 0 Å². The number of nitrogens with zero attached hydrogens (tertiary/aromatic N) is 1. The maximum absolute atomic E-state index is 5.62. The third-order valence-electron chi connectivity index (χ3n) is 3.64. The lowest BCUT2D eigenvalue weighted by molar-refractivity contribution is 0.435. The second-order valence-corrected chi connectivity index (χ2v) is 5.84. The van der Waals surface area contributed by atoms with Crippen LogP contribution in [0.15, 0.2) is 39.4 Å². The van der Waals surface area contributed by atoms with E-state index in [1.54, 1.807) is 0 Å². The average Bonchev–Trinajstić information content (AvgIpc) is 2.90. The SMILES string of the molecule is Brc1ccc(-c2nc(C3CCCCC3)co2)cc1. The van der Waals surface area contributed by atoms with E-state index in [0.717, 1.165) is 21.6 Å². The highest BCUT2D eigenvalue weighted by Gasteiger charge is 2.19. The summed E-state index contributed by atoms with van der Waals surface area (Å²) in [6, 6.07) is 8.08. The van der Waals surface area contributed by atoms with Gasteiger partial charge in [-0.25, -0.2) is 4.98 Å². The van der Waals surface area contributed by atoms with Gasteiger partial charge in [-0.15, -0.1) is 0 Å². The van der Waals surface area contributed by atoms with Crippen molar-refractivity contribution in [2.45, 2.75) is 38.0 Å². The summed E-state index contributed by atoms with van der Waals surface area (Å²) in [7, 11) is 0. The van der Waals surface area contributed by atoms with E-state index in [1.165, 1.54) is 32.1 Å². The predicted octanol–water partition coefficient (Wildman–Crippen LogP) is 5.15. The van der Waals surface area contributed by atoms with Gasteiger partial charge in [-0.1, -0.05) is 35.2 Å². The molecule has 0 atom stereocenters. The number of hydrogen-bond acceptors (Lipinski definition) is 2. The Balaban J connectivity index is 1.82. The molecule has 3 heteroatoms. The number of aromatic nitrogens is 1. The smallest absolute Gasteiger partial charge is 0.226 e. The minimum atomic E-state index is 0.603. The fourth-order valence-corrected chi connectivity index (χ4v) is 2.86.